The lowest BCUT2D eigenvalue weighted by atomic mass is 10.2. The first-order chi connectivity index (χ1) is 16.3. The lowest BCUT2D eigenvalue weighted by molar-refractivity contribution is -0.0117. The summed E-state index contributed by atoms with van der Waals surface area (Å²) in [7, 11) is 1.52. The highest BCUT2D eigenvalue weighted by Gasteiger charge is 2.22. The van der Waals surface area contributed by atoms with Crippen LogP contribution in [-0.2, 0) is 27.3 Å². The molecule has 0 aromatic carbocycles. The van der Waals surface area contributed by atoms with Gasteiger partial charge in [0.1, 0.15) is 27.9 Å². The molecule has 10 nitrogen and oxygen atoms in total. The van der Waals surface area contributed by atoms with Crippen molar-refractivity contribution in [2.75, 3.05) is 33.5 Å². The maximum atomic E-state index is 12.8. The molecule has 0 saturated carbocycles. The number of nitrogens with one attached hydrogen (secondary N) is 1. The molecule has 0 bridgehead atoms. The van der Waals surface area contributed by atoms with Gasteiger partial charge in [0.2, 0.25) is 0 Å². The Morgan fingerprint density at radius 2 is 2.12 bits per heavy atom. The Labute approximate surface area is 201 Å². The van der Waals surface area contributed by atoms with Crippen molar-refractivity contribution in [1.29, 1.82) is 0 Å². The summed E-state index contributed by atoms with van der Waals surface area (Å²) >= 11 is 1.12. The average molecular weight is 494 g/mol. The first-order valence-corrected chi connectivity index (χ1v) is 11.8. The number of aliphatic hydroxyl groups excluding tert-OH is 1. The summed E-state index contributed by atoms with van der Waals surface area (Å²) in [5, 5.41) is 10.8. The number of aryl methyl sites for hydroxylation is 1. The molecule has 0 fully saturated rings. The van der Waals surface area contributed by atoms with E-state index >= 15 is 0 Å². The van der Waals surface area contributed by atoms with Crippen LogP contribution in [0.2, 0.25) is 0 Å². The third-order valence-corrected chi connectivity index (χ3v) is 6.15. The van der Waals surface area contributed by atoms with E-state index in [9.17, 15) is 14.7 Å². The van der Waals surface area contributed by atoms with Gasteiger partial charge in [-0.15, -0.1) is 11.3 Å². The molecule has 3 rings (SSSR count). The number of esters is 1. The summed E-state index contributed by atoms with van der Waals surface area (Å²) in [5.41, 5.74) is 0.211. The number of ether oxygens (including phenoxy) is 3. The van der Waals surface area contributed by atoms with Crippen molar-refractivity contribution < 1.29 is 28.5 Å². The highest BCUT2D eigenvalue weighted by Crippen LogP contribution is 2.27. The van der Waals surface area contributed by atoms with Crippen molar-refractivity contribution in [2.24, 2.45) is 0 Å². The van der Waals surface area contributed by atoms with Crippen molar-refractivity contribution in [1.82, 2.24) is 14.9 Å². The number of methoxy groups -OCH3 is 1. The second kappa shape index (κ2) is 12.2. The minimum Gasteiger partial charge on any atom is -0.468 e. The molecule has 0 amide bonds. The number of fused-ring (bicyclic) bond motifs is 1. The van der Waals surface area contributed by atoms with Crippen molar-refractivity contribution in [3.8, 4) is 0 Å². The van der Waals surface area contributed by atoms with Crippen molar-refractivity contribution >= 4 is 27.5 Å². The summed E-state index contributed by atoms with van der Waals surface area (Å²) in [6.07, 6.45) is 0.857. The number of aliphatic hydroxyl groups is 1. The number of aromatic nitrogens is 2. The number of thiophene rings is 1. The van der Waals surface area contributed by atoms with Gasteiger partial charge in [0, 0.05) is 13.7 Å². The highest BCUT2D eigenvalue weighted by molar-refractivity contribution is 7.20. The molecule has 186 valence electrons. The Kier molecular flexibility index (Phi) is 9.36. The molecule has 0 spiro atoms. The number of hydrogen-bond donors (Lipinski definition) is 2. The van der Waals surface area contributed by atoms with E-state index in [2.05, 4.69) is 9.97 Å². The van der Waals surface area contributed by atoms with E-state index in [0.717, 1.165) is 11.3 Å². The Morgan fingerprint density at radius 3 is 2.79 bits per heavy atom. The van der Waals surface area contributed by atoms with E-state index in [-0.39, 0.29) is 44.6 Å². The third kappa shape index (κ3) is 6.97. The van der Waals surface area contributed by atoms with Gasteiger partial charge in [-0.05, 0) is 38.5 Å². The zero-order chi connectivity index (χ0) is 24.7. The maximum absolute atomic E-state index is 12.8. The highest BCUT2D eigenvalue weighted by atomic mass is 32.1. The van der Waals surface area contributed by atoms with Crippen molar-refractivity contribution in [2.45, 2.75) is 46.1 Å². The number of hydrogen-bond acceptors (Lipinski definition) is 10. The lowest BCUT2D eigenvalue weighted by Crippen LogP contribution is -2.35. The fourth-order valence-corrected chi connectivity index (χ4v) is 4.51. The van der Waals surface area contributed by atoms with Gasteiger partial charge in [0.25, 0.3) is 5.56 Å². The quantitative estimate of drug-likeness (QED) is 0.273. The average Bonchev–Trinajstić information content (AvgIpc) is 3.40. The smallest absolute Gasteiger partial charge is 0.348 e. The van der Waals surface area contributed by atoms with Gasteiger partial charge in [0.15, 0.2) is 0 Å². The number of furan rings is 1. The van der Waals surface area contributed by atoms with Gasteiger partial charge < -0.3 is 28.7 Å². The molecule has 1 atom stereocenters. The molecule has 1 unspecified atom stereocenters. The van der Waals surface area contributed by atoms with E-state index in [1.807, 2.05) is 24.8 Å². The van der Waals surface area contributed by atoms with Crippen LogP contribution in [0, 0.1) is 6.92 Å². The Hall–Kier alpha value is -2.57. The molecule has 0 saturated heterocycles. The number of rotatable bonds is 13. The first kappa shape index (κ1) is 26.0. The van der Waals surface area contributed by atoms with E-state index < -0.39 is 12.1 Å². The summed E-state index contributed by atoms with van der Waals surface area (Å²) in [6.45, 7) is 7.08. The summed E-state index contributed by atoms with van der Waals surface area (Å²) in [6, 6.07) is 3.63. The summed E-state index contributed by atoms with van der Waals surface area (Å²) < 4.78 is 21.1. The molecule has 0 aliphatic heterocycles. The van der Waals surface area contributed by atoms with Crippen LogP contribution in [0.3, 0.4) is 0 Å². The number of carbonyl (C=O) groups excluding carboxylic acids is 1. The Morgan fingerprint density at radius 1 is 1.32 bits per heavy atom. The second-order valence-corrected chi connectivity index (χ2v) is 9.16. The van der Waals surface area contributed by atoms with Crippen molar-refractivity contribution in [3.05, 3.63) is 50.8 Å². The monoisotopic (exact) mass is 493 g/mol. The second-order valence-electron chi connectivity index (χ2n) is 8.16. The molecule has 0 aliphatic carbocycles. The fraction of sp³-hybridized carbons (Fsp3) is 0.522. The third-order valence-electron chi connectivity index (χ3n) is 4.98. The normalized spacial score (nSPS) is 12.7. The molecule has 2 N–H and O–H groups in total. The number of H-pyrrole nitrogens is 1. The van der Waals surface area contributed by atoms with E-state index in [1.165, 1.54) is 7.11 Å². The van der Waals surface area contributed by atoms with Crippen LogP contribution in [0.15, 0.2) is 27.6 Å². The van der Waals surface area contributed by atoms with Crippen LogP contribution in [0.25, 0.3) is 10.2 Å². The van der Waals surface area contributed by atoms with Gasteiger partial charge >= 0.3 is 5.97 Å². The summed E-state index contributed by atoms with van der Waals surface area (Å²) in [5.74, 6) is 0.626. The van der Waals surface area contributed by atoms with Crippen LogP contribution in [0.4, 0.5) is 0 Å². The number of aromatic amines is 1. The molecule has 3 heterocycles. The van der Waals surface area contributed by atoms with Crippen LogP contribution < -0.4 is 5.56 Å². The molecule has 11 heteroatoms. The van der Waals surface area contributed by atoms with Crippen LogP contribution in [-0.4, -0.2) is 71.6 Å². The van der Waals surface area contributed by atoms with E-state index in [1.54, 1.807) is 19.3 Å². The van der Waals surface area contributed by atoms with Crippen LogP contribution in [0.1, 0.15) is 40.7 Å². The van der Waals surface area contributed by atoms with Gasteiger partial charge in [-0.3, -0.25) is 9.69 Å². The zero-order valence-electron chi connectivity index (χ0n) is 19.8. The molecule has 34 heavy (non-hydrogen) atoms. The minimum absolute atomic E-state index is 0.00561. The molecule has 3 aromatic rings. The predicted octanol–water partition coefficient (Wildman–Crippen LogP) is 2.48. The summed E-state index contributed by atoms with van der Waals surface area (Å²) in [4.78, 5) is 35.4. The molecule has 0 aliphatic rings. The first-order valence-electron chi connectivity index (χ1n) is 11.0. The molecular formula is C23H31N3O7S. The van der Waals surface area contributed by atoms with Gasteiger partial charge in [-0.25, -0.2) is 9.78 Å². The van der Waals surface area contributed by atoms with Crippen LogP contribution >= 0.6 is 11.3 Å². The molecular weight excluding hydrogens is 462 g/mol. The minimum atomic E-state index is -0.731. The van der Waals surface area contributed by atoms with Gasteiger partial charge in [0.05, 0.1) is 50.2 Å². The molecule has 3 aromatic heterocycles. The predicted molar refractivity (Wildman–Crippen MR) is 127 cm³/mol. The van der Waals surface area contributed by atoms with Crippen molar-refractivity contribution in [3.63, 3.8) is 0 Å². The Balaban J connectivity index is 1.81. The maximum Gasteiger partial charge on any atom is 0.348 e. The van der Waals surface area contributed by atoms with Crippen LogP contribution in [0.5, 0.6) is 0 Å². The Bertz CT molecular complexity index is 1120. The largest absolute Gasteiger partial charge is 0.468 e. The van der Waals surface area contributed by atoms with E-state index in [4.69, 9.17) is 18.6 Å². The topological polar surface area (TPSA) is 127 Å². The van der Waals surface area contributed by atoms with Gasteiger partial charge in [-0.1, -0.05) is 0 Å². The SMILES string of the molecule is COCCOC(=O)c1sc2nc(CN(Cc3ccco3)CC(O)COC(C)C)[nH]c(=O)c2c1C. The standard InChI is InChI=1S/C23H31N3O7S/c1-14(2)33-13-16(27)10-26(11-17-6-5-7-31-17)12-18-24-21(28)19-15(3)20(34-22(19)25-18)23(29)32-9-8-30-4/h5-7,14,16,27H,8-13H2,1-4H3,(H,24,25,28). The van der Waals surface area contributed by atoms with Gasteiger partial charge in [-0.2, -0.15) is 0 Å². The zero-order valence-corrected chi connectivity index (χ0v) is 20.6. The van der Waals surface area contributed by atoms with E-state index in [0.29, 0.717) is 38.8 Å². The lowest BCUT2D eigenvalue weighted by Gasteiger charge is -2.24. The fourth-order valence-electron chi connectivity index (χ4n) is 3.42. The number of carbonyl (C=O) groups is 1. The molecule has 0 radical (unpaired) electrons. The number of nitrogens with zero attached hydrogens (tertiary/aromatic N) is 2.